The van der Waals surface area contributed by atoms with Gasteiger partial charge in [-0.1, -0.05) is 48.6 Å². The molecule has 0 N–H and O–H groups in total. The molecule has 0 bridgehead atoms. The Morgan fingerprint density at radius 2 is 0.688 bits per heavy atom. The fourth-order valence-corrected chi connectivity index (χ4v) is 1.38. The van der Waals surface area contributed by atoms with Crippen LogP contribution in [0.5, 0.6) is 0 Å². The Morgan fingerprint density at radius 3 is 0.938 bits per heavy atom. The molecule has 0 rings (SSSR count). The third-order valence-electron chi connectivity index (χ3n) is 2.30. The first-order valence-electron chi connectivity index (χ1n) is 6.44. The third-order valence-corrected chi connectivity index (χ3v) is 2.30. The number of unbranched alkanes of at least 4 members (excludes halogenated alkanes) is 3. The van der Waals surface area contributed by atoms with Crippen molar-refractivity contribution >= 4 is 0 Å². The van der Waals surface area contributed by atoms with Crippen molar-refractivity contribution < 1.29 is 0 Å². The summed E-state index contributed by atoms with van der Waals surface area (Å²) in [6.07, 6.45) is 24.9. The summed E-state index contributed by atoms with van der Waals surface area (Å²) >= 11 is 0. The minimum absolute atomic E-state index is 1.17. The van der Waals surface area contributed by atoms with Gasteiger partial charge in [-0.25, -0.2) is 0 Å². The monoisotopic (exact) mass is 218 g/mol. The number of hydrogen-bond acceptors (Lipinski definition) is 0. The average molecular weight is 218 g/mol. The molecule has 0 heteroatoms. The molecule has 90 valence electrons. The van der Waals surface area contributed by atoms with Crippen LogP contribution in [0, 0.1) is 0 Å². The van der Waals surface area contributed by atoms with Crippen LogP contribution in [0.15, 0.2) is 48.6 Å². The molecular weight excluding hydrogens is 192 g/mol. The number of hydrogen-bond donors (Lipinski definition) is 0. The van der Waals surface area contributed by atoms with Crippen LogP contribution in [0.2, 0.25) is 0 Å². The first kappa shape index (κ1) is 15.0. The van der Waals surface area contributed by atoms with Gasteiger partial charge in [-0.2, -0.15) is 0 Å². The van der Waals surface area contributed by atoms with E-state index in [2.05, 4.69) is 62.5 Å². The van der Waals surface area contributed by atoms with Gasteiger partial charge in [0.15, 0.2) is 0 Å². The highest BCUT2D eigenvalue weighted by Gasteiger charge is 1.79. The molecule has 0 aromatic carbocycles. The zero-order valence-corrected chi connectivity index (χ0v) is 10.9. The predicted octanol–water partition coefficient (Wildman–Crippen LogP) is 5.59. The van der Waals surface area contributed by atoms with E-state index in [-0.39, 0.29) is 0 Å². The first-order valence-corrected chi connectivity index (χ1v) is 6.44. The van der Waals surface area contributed by atoms with Crippen LogP contribution < -0.4 is 0 Å². The molecule has 16 heavy (non-hydrogen) atoms. The van der Waals surface area contributed by atoms with Crippen molar-refractivity contribution in [3.63, 3.8) is 0 Å². The second-order valence-corrected chi connectivity index (χ2v) is 3.81. The van der Waals surface area contributed by atoms with Crippen LogP contribution in [0.4, 0.5) is 0 Å². The molecule has 0 unspecified atom stereocenters. The molecule has 0 spiro atoms. The summed E-state index contributed by atoms with van der Waals surface area (Å²) in [5, 5.41) is 0. The van der Waals surface area contributed by atoms with Crippen molar-refractivity contribution in [2.45, 2.75) is 52.4 Å². The van der Waals surface area contributed by atoms with Crippen LogP contribution in [-0.4, -0.2) is 0 Å². The van der Waals surface area contributed by atoms with Gasteiger partial charge in [-0.3, -0.25) is 0 Å². The van der Waals surface area contributed by atoms with Gasteiger partial charge in [0.1, 0.15) is 0 Å². The van der Waals surface area contributed by atoms with Gasteiger partial charge in [0.25, 0.3) is 0 Å². The summed E-state index contributed by atoms with van der Waals surface area (Å²) in [6.45, 7) is 4.14. The molecule has 0 nitrogen and oxygen atoms in total. The lowest BCUT2D eigenvalue weighted by atomic mass is 10.2. The van der Waals surface area contributed by atoms with Crippen molar-refractivity contribution in [2.75, 3.05) is 0 Å². The quantitative estimate of drug-likeness (QED) is 0.349. The largest absolute Gasteiger partial charge is 0.0917 e. The Kier molecular flexibility index (Phi) is 13.1. The van der Waals surface area contributed by atoms with Crippen LogP contribution in [0.3, 0.4) is 0 Å². The molecule has 0 saturated heterocycles. The van der Waals surface area contributed by atoms with Crippen molar-refractivity contribution in [1.82, 2.24) is 0 Å². The van der Waals surface area contributed by atoms with Gasteiger partial charge in [0.2, 0.25) is 0 Å². The van der Waals surface area contributed by atoms with Gasteiger partial charge >= 0.3 is 0 Å². The smallest absolute Gasteiger partial charge is 0.0316 e. The van der Waals surface area contributed by atoms with Gasteiger partial charge < -0.3 is 0 Å². The number of allylic oxidation sites excluding steroid dienone is 8. The summed E-state index contributed by atoms with van der Waals surface area (Å²) in [6, 6.07) is 0. The molecule has 0 heterocycles. The second kappa shape index (κ2) is 14.0. The van der Waals surface area contributed by atoms with E-state index in [1.807, 2.05) is 0 Å². The highest BCUT2D eigenvalue weighted by molar-refractivity contribution is 4.91. The standard InChI is InChI=1S/C16H26/c1-3-5-7-9-11-13-15-16-14-12-10-8-6-4-2/h3-6,11-14H,7-10,15-16H2,1-2H3/b5-3+,6-4+,13-11-,14-12-. The van der Waals surface area contributed by atoms with E-state index in [0.717, 1.165) is 0 Å². The van der Waals surface area contributed by atoms with Crippen molar-refractivity contribution in [3.8, 4) is 0 Å². The average Bonchev–Trinajstić information content (AvgIpc) is 2.31. The van der Waals surface area contributed by atoms with Gasteiger partial charge in [-0.15, -0.1) is 0 Å². The van der Waals surface area contributed by atoms with E-state index in [9.17, 15) is 0 Å². The lowest BCUT2D eigenvalue weighted by Crippen LogP contribution is -1.68. The lowest BCUT2D eigenvalue weighted by Gasteiger charge is -1.89. The summed E-state index contributed by atoms with van der Waals surface area (Å²) in [5.41, 5.74) is 0. The van der Waals surface area contributed by atoms with Gasteiger partial charge in [0, 0.05) is 0 Å². The summed E-state index contributed by atoms with van der Waals surface area (Å²) in [4.78, 5) is 0. The minimum Gasteiger partial charge on any atom is -0.0917 e. The predicted molar refractivity (Wildman–Crippen MR) is 75.6 cm³/mol. The van der Waals surface area contributed by atoms with Crippen LogP contribution >= 0.6 is 0 Å². The molecule has 0 radical (unpaired) electrons. The molecular formula is C16H26. The first-order chi connectivity index (χ1) is 7.91. The Hall–Kier alpha value is -1.04. The Bertz CT molecular complexity index is 202. The van der Waals surface area contributed by atoms with Gasteiger partial charge in [-0.05, 0) is 52.4 Å². The molecule has 0 aliphatic carbocycles. The maximum atomic E-state index is 2.29. The fourth-order valence-electron chi connectivity index (χ4n) is 1.38. The highest BCUT2D eigenvalue weighted by atomic mass is 13.9. The van der Waals surface area contributed by atoms with E-state index in [4.69, 9.17) is 0 Å². The summed E-state index contributed by atoms with van der Waals surface area (Å²) in [7, 11) is 0. The van der Waals surface area contributed by atoms with E-state index < -0.39 is 0 Å². The highest BCUT2D eigenvalue weighted by Crippen LogP contribution is 1.99. The molecule has 0 fully saturated rings. The third kappa shape index (κ3) is 13.0. The molecule has 0 atom stereocenters. The van der Waals surface area contributed by atoms with Crippen molar-refractivity contribution in [1.29, 1.82) is 0 Å². The van der Waals surface area contributed by atoms with E-state index in [1.165, 1.54) is 38.5 Å². The second-order valence-electron chi connectivity index (χ2n) is 3.81. The Balaban J connectivity index is 3.24. The molecule has 0 saturated carbocycles. The number of rotatable bonds is 9. The molecule has 0 aliphatic rings. The molecule has 0 aromatic rings. The van der Waals surface area contributed by atoms with E-state index in [1.54, 1.807) is 0 Å². The normalized spacial score (nSPS) is 12.9. The maximum absolute atomic E-state index is 2.29. The van der Waals surface area contributed by atoms with E-state index >= 15 is 0 Å². The zero-order valence-electron chi connectivity index (χ0n) is 10.9. The minimum atomic E-state index is 1.17. The van der Waals surface area contributed by atoms with E-state index in [0.29, 0.717) is 0 Å². The summed E-state index contributed by atoms with van der Waals surface area (Å²) in [5.74, 6) is 0. The molecule has 0 aromatic heterocycles. The van der Waals surface area contributed by atoms with Gasteiger partial charge in [0.05, 0.1) is 0 Å². The Labute approximate surface area is 101 Å². The van der Waals surface area contributed by atoms with Crippen molar-refractivity contribution in [2.24, 2.45) is 0 Å². The molecule has 0 aliphatic heterocycles. The zero-order chi connectivity index (χ0) is 11.9. The SMILES string of the molecule is C/C=C/CC/C=C\CC/C=C\CC/C=C/C. The van der Waals surface area contributed by atoms with Crippen LogP contribution in [0.1, 0.15) is 52.4 Å². The maximum Gasteiger partial charge on any atom is -0.0316 e. The van der Waals surface area contributed by atoms with Crippen molar-refractivity contribution in [3.05, 3.63) is 48.6 Å². The topological polar surface area (TPSA) is 0 Å². The fraction of sp³-hybridized carbons (Fsp3) is 0.500. The summed E-state index contributed by atoms with van der Waals surface area (Å²) < 4.78 is 0. The Morgan fingerprint density at radius 1 is 0.438 bits per heavy atom. The molecule has 0 amide bonds. The van der Waals surface area contributed by atoms with Crippen LogP contribution in [0.25, 0.3) is 0 Å². The lowest BCUT2D eigenvalue weighted by molar-refractivity contribution is 0.985. The van der Waals surface area contributed by atoms with Crippen LogP contribution in [-0.2, 0) is 0 Å².